The molecule has 0 aliphatic rings. The van der Waals surface area contributed by atoms with E-state index in [-0.39, 0.29) is 11.8 Å². The number of nitrogens with one attached hydrogen (secondary N) is 1. The maximum absolute atomic E-state index is 12.2. The number of carbonyl (C=O) groups is 1. The number of carbonyl (C=O) groups excluding carboxylic acids is 1. The molecule has 0 saturated carbocycles. The molecule has 3 N–H and O–H groups in total. The molecule has 0 bridgehead atoms. The molecular formula is C12H13ClN4OS. The molecule has 0 spiro atoms. The first-order valence-corrected chi connectivity index (χ1v) is 6.82. The van der Waals surface area contributed by atoms with E-state index in [1.165, 1.54) is 0 Å². The lowest BCUT2D eigenvalue weighted by Crippen LogP contribution is -2.14. The monoisotopic (exact) mass is 296 g/mol. The van der Waals surface area contributed by atoms with Crippen LogP contribution in [-0.4, -0.2) is 15.5 Å². The van der Waals surface area contributed by atoms with Crippen molar-refractivity contribution < 1.29 is 4.79 Å². The zero-order chi connectivity index (χ0) is 14.0. The molecule has 0 atom stereocenters. The van der Waals surface area contributed by atoms with Gasteiger partial charge in [-0.3, -0.25) is 4.79 Å². The fourth-order valence-electron chi connectivity index (χ4n) is 1.56. The van der Waals surface area contributed by atoms with Crippen molar-refractivity contribution in [3.05, 3.63) is 33.8 Å². The fraction of sp³-hybridized carbons (Fsp3) is 0.250. The summed E-state index contributed by atoms with van der Waals surface area (Å²) in [6.45, 7) is 3.92. The van der Waals surface area contributed by atoms with Crippen LogP contribution in [-0.2, 0) is 0 Å². The van der Waals surface area contributed by atoms with Gasteiger partial charge in [-0.1, -0.05) is 29.9 Å². The van der Waals surface area contributed by atoms with Gasteiger partial charge in [0, 0.05) is 5.02 Å². The Hall–Kier alpha value is -1.66. The molecule has 2 rings (SSSR count). The van der Waals surface area contributed by atoms with Crippen LogP contribution in [0.4, 0.5) is 11.4 Å². The van der Waals surface area contributed by atoms with Gasteiger partial charge >= 0.3 is 0 Å². The van der Waals surface area contributed by atoms with Crippen LogP contribution in [0.1, 0.15) is 35.1 Å². The Balaban J connectivity index is 2.23. The Morgan fingerprint density at radius 1 is 1.47 bits per heavy atom. The van der Waals surface area contributed by atoms with Gasteiger partial charge in [-0.2, -0.15) is 0 Å². The third-order valence-corrected chi connectivity index (χ3v) is 3.50. The van der Waals surface area contributed by atoms with Gasteiger partial charge in [-0.25, -0.2) is 0 Å². The standard InChI is InChI=1S/C12H13ClN4OS/c1-6(2)10-11(19-17-16-10)12(18)15-9-4-3-7(13)5-8(9)14/h3-6H,14H2,1-2H3,(H,15,18). The second kappa shape index (κ2) is 5.54. The minimum atomic E-state index is -0.257. The normalized spacial score (nSPS) is 10.7. The lowest BCUT2D eigenvalue weighted by molar-refractivity contribution is 0.102. The molecule has 19 heavy (non-hydrogen) atoms. The van der Waals surface area contributed by atoms with E-state index in [9.17, 15) is 4.79 Å². The summed E-state index contributed by atoms with van der Waals surface area (Å²) in [5.74, 6) is -0.116. The molecule has 1 aromatic heterocycles. The van der Waals surface area contributed by atoms with Crippen LogP contribution in [0.15, 0.2) is 18.2 Å². The summed E-state index contributed by atoms with van der Waals surface area (Å²) in [4.78, 5) is 12.7. The van der Waals surface area contributed by atoms with Crippen LogP contribution in [0.3, 0.4) is 0 Å². The molecule has 0 radical (unpaired) electrons. The van der Waals surface area contributed by atoms with E-state index >= 15 is 0 Å². The van der Waals surface area contributed by atoms with Crippen molar-refractivity contribution in [1.82, 2.24) is 9.59 Å². The highest BCUT2D eigenvalue weighted by molar-refractivity contribution is 7.08. The zero-order valence-electron chi connectivity index (χ0n) is 10.5. The van der Waals surface area contributed by atoms with Crippen molar-refractivity contribution >= 4 is 40.4 Å². The lowest BCUT2D eigenvalue weighted by Gasteiger charge is -2.08. The number of anilines is 2. The third-order valence-electron chi connectivity index (χ3n) is 2.53. The largest absolute Gasteiger partial charge is 0.397 e. The Morgan fingerprint density at radius 2 is 2.21 bits per heavy atom. The molecule has 5 nitrogen and oxygen atoms in total. The van der Waals surface area contributed by atoms with E-state index < -0.39 is 0 Å². The molecule has 0 saturated heterocycles. The average Bonchev–Trinajstić information content (AvgIpc) is 2.82. The molecule has 100 valence electrons. The number of aromatic nitrogens is 2. The highest BCUT2D eigenvalue weighted by Gasteiger charge is 2.19. The molecule has 2 aromatic rings. The maximum atomic E-state index is 12.2. The predicted octanol–water partition coefficient (Wildman–Crippen LogP) is 3.15. The van der Waals surface area contributed by atoms with Gasteiger partial charge in [0.05, 0.1) is 17.1 Å². The Bertz CT molecular complexity index is 612. The number of hydrogen-bond donors (Lipinski definition) is 2. The van der Waals surface area contributed by atoms with Gasteiger partial charge in [-0.05, 0) is 35.6 Å². The Kier molecular flexibility index (Phi) is 4.01. The van der Waals surface area contributed by atoms with E-state index in [1.54, 1.807) is 18.2 Å². The zero-order valence-corrected chi connectivity index (χ0v) is 12.0. The fourth-order valence-corrected chi connectivity index (χ4v) is 2.45. The first-order chi connectivity index (χ1) is 8.99. The van der Waals surface area contributed by atoms with Crippen LogP contribution in [0, 0.1) is 0 Å². The number of nitrogens with zero attached hydrogens (tertiary/aromatic N) is 2. The summed E-state index contributed by atoms with van der Waals surface area (Å²) in [7, 11) is 0. The van der Waals surface area contributed by atoms with Crippen LogP contribution in [0.2, 0.25) is 5.02 Å². The summed E-state index contributed by atoms with van der Waals surface area (Å²) in [5.41, 5.74) is 7.43. The van der Waals surface area contributed by atoms with Crippen LogP contribution < -0.4 is 11.1 Å². The Morgan fingerprint density at radius 3 is 2.84 bits per heavy atom. The van der Waals surface area contributed by atoms with Gasteiger partial charge < -0.3 is 11.1 Å². The van der Waals surface area contributed by atoms with Crippen molar-refractivity contribution in [2.24, 2.45) is 0 Å². The minimum absolute atomic E-state index is 0.141. The summed E-state index contributed by atoms with van der Waals surface area (Å²) in [5, 5.41) is 7.24. The molecule has 0 aliphatic carbocycles. The number of nitrogen functional groups attached to an aromatic ring is 1. The van der Waals surface area contributed by atoms with Gasteiger partial charge in [0.1, 0.15) is 4.88 Å². The first kappa shape index (κ1) is 13.8. The number of halogens is 1. The van der Waals surface area contributed by atoms with E-state index in [2.05, 4.69) is 14.9 Å². The number of rotatable bonds is 3. The van der Waals surface area contributed by atoms with Gasteiger partial charge in [0.2, 0.25) is 0 Å². The lowest BCUT2D eigenvalue weighted by atomic mass is 10.1. The number of benzene rings is 1. The summed E-state index contributed by atoms with van der Waals surface area (Å²) in [6.07, 6.45) is 0. The van der Waals surface area contributed by atoms with Crippen molar-refractivity contribution in [3.63, 3.8) is 0 Å². The van der Waals surface area contributed by atoms with Crippen molar-refractivity contribution in [2.75, 3.05) is 11.1 Å². The highest BCUT2D eigenvalue weighted by atomic mass is 35.5. The topological polar surface area (TPSA) is 80.9 Å². The molecule has 0 aliphatic heterocycles. The third kappa shape index (κ3) is 3.02. The van der Waals surface area contributed by atoms with Crippen molar-refractivity contribution in [1.29, 1.82) is 0 Å². The molecule has 7 heteroatoms. The molecule has 1 heterocycles. The van der Waals surface area contributed by atoms with E-state index in [1.807, 2.05) is 13.8 Å². The second-order valence-electron chi connectivity index (χ2n) is 4.33. The predicted molar refractivity (Wildman–Crippen MR) is 77.8 cm³/mol. The smallest absolute Gasteiger partial charge is 0.269 e. The minimum Gasteiger partial charge on any atom is -0.397 e. The maximum Gasteiger partial charge on any atom is 0.269 e. The molecular weight excluding hydrogens is 284 g/mol. The van der Waals surface area contributed by atoms with Crippen molar-refractivity contribution in [2.45, 2.75) is 19.8 Å². The van der Waals surface area contributed by atoms with Crippen LogP contribution >= 0.6 is 23.1 Å². The quantitative estimate of drug-likeness (QED) is 0.853. The average molecular weight is 297 g/mol. The van der Waals surface area contributed by atoms with Gasteiger partial charge in [0.25, 0.3) is 5.91 Å². The number of amides is 1. The molecule has 0 unspecified atom stereocenters. The summed E-state index contributed by atoms with van der Waals surface area (Å²) < 4.78 is 3.82. The Labute approximate surface area is 119 Å². The highest BCUT2D eigenvalue weighted by Crippen LogP contribution is 2.25. The summed E-state index contributed by atoms with van der Waals surface area (Å²) >= 11 is 6.88. The van der Waals surface area contributed by atoms with Crippen molar-refractivity contribution in [3.8, 4) is 0 Å². The van der Waals surface area contributed by atoms with Gasteiger partial charge in [0.15, 0.2) is 0 Å². The van der Waals surface area contributed by atoms with E-state index in [0.717, 1.165) is 11.5 Å². The van der Waals surface area contributed by atoms with E-state index in [4.69, 9.17) is 17.3 Å². The van der Waals surface area contributed by atoms with Gasteiger partial charge in [-0.15, -0.1) is 5.10 Å². The molecule has 1 amide bonds. The number of hydrogen-bond acceptors (Lipinski definition) is 5. The van der Waals surface area contributed by atoms with Crippen LogP contribution in [0.5, 0.6) is 0 Å². The van der Waals surface area contributed by atoms with E-state index in [0.29, 0.717) is 27.0 Å². The molecule has 1 aromatic carbocycles. The van der Waals surface area contributed by atoms with Crippen LogP contribution in [0.25, 0.3) is 0 Å². The first-order valence-electron chi connectivity index (χ1n) is 5.67. The molecule has 0 fully saturated rings. The second-order valence-corrected chi connectivity index (χ2v) is 5.52. The summed E-state index contributed by atoms with van der Waals surface area (Å²) in [6, 6.07) is 4.92. The number of nitrogens with two attached hydrogens (primary N) is 1. The SMILES string of the molecule is CC(C)c1nnsc1C(=O)Nc1ccc(Cl)cc1N.